The standard InChI is InChI=1S/C38H40N4O6/c43-24-26-15-17-28(18-16-26)35-21-32(23-42-25-40-33-11-1-2-12-34(33)42)47-38(48-35)31-10-6-9-30(20-31)29-8-5-7-27(19-29)22-39-36(44)13-3-4-14-37(45)41-46/h1-2,5-12,15-20,25,32,35,38,43,46H,3-4,13-14,21-24H2,(H,39,44)(H,41,45)/t32-,35+,38+/m0/s1. The van der Waals surface area contributed by atoms with Crippen molar-refractivity contribution < 1.29 is 29.4 Å². The highest BCUT2D eigenvalue weighted by atomic mass is 16.7. The monoisotopic (exact) mass is 648 g/mol. The van der Waals surface area contributed by atoms with E-state index in [0.29, 0.717) is 38.8 Å². The zero-order valence-electron chi connectivity index (χ0n) is 26.6. The Labute approximate surface area is 279 Å². The maximum Gasteiger partial charge on any atom is 0.243 e. The van der Waals surface area contributed by atoms with E-state index in [2.05, 4.69) is 33.1 Å². The number of aliphatic hydroxyl groups is 1. The van der Waals surface area contributed by atoms with E-state index in [1.807, 2.05) is 85.2 Å². The van der Waals surface area contributed by atoms with Gasteiger partial charge in [0.05, 0.1) is 42.7 Å². The van der Waals surface area contributed by atoms with Crippen LogP contribution < -0.4 is 10.8 Å². The Morgan fingerprint density at radius 1 is 0.812 bits per heavy atom. The molecule has 1 aliphatic rings. The molecular formula is C38H40N4O6. The molecule has 3 atom stereocenters. The van der Waals surface area contributed by atoms with E-state index in [0.717, 1.165) is 44.4 Å². The van der Waals surface area contributed by atoms with Gasteiger partial charge in [-0.15, -0.1) is 0 Å². The molecule has 1 aromatic heterocycles. The molecule has 10 heteroatoms. The second kappa shape index (κ2) is 15.8. The minimum absolute atomic E-state index is 0.0123. The number of fused-ring (bicyclic) bond motifs is 1. The summed E-state index contributed by atoms with van der Waals surface area (Å²) >= 11 is 0. The van der Waals surface area contributed by atoms with Gasteiger partial charge >= 0.3 is 0 Å². The van der Waals surface area contributed by atoms with Crippen LogP contribution in [0, 0.1) is 0 Å². The van der Waals surface area contributed by atoms with Crippen LogP contribution in [0.25, 0.3) is 22.2 Å². The Morgan fingerprint density at radius 3 is 2.35 bits per heavy atom. The maximum absolute atomic E-state index is 12.4. The largest absolute Gasteiger partial charge is 0.392 e. The van der Waals surface area contributed by atoms with Crippen molar-refractivity contribution >= 4 is 22.8 Å². The molecule has 0 spiro atoms. The van der Waals surface area contributed by atoms with Crippen LogP contribution >= 0.6 is 0 Å². The van der Waals surface area contributed by atoms with Crippen LogP contribution in [-0.4, -0.2) is 37.8 Å². The smallest absolute Gasteiger partial charge is 0.243 e. The first kappa shape index (κ1) is 33.0. The molecule has 10 nitrogen and oxygen atoms in total. The maximum atomic E-state index is 12.4. The van der Waals surface area contributed by atoms with Crippen molar-refractivity contribution in [3.05, 3.63) is 126 Å². The van der Waals surface area contributed by atoms with Crippen molar-refractivity contribution in [2.45, 2.75) is 70.3 Å². The number of para-hydroxylation sites is 2. The number of carbonyl (C=O) groups excluding carboxylic acids is 2. The van der Waals surface area contributed by atoms with E-state index in [9.17, 15) is 14.7 Å². The molecule has 248 valence electrons. The summed E-state index contributed by atoms with van der Waals surface area (Å²) in [6, 6.07) is 32.2. The van der Waals surface area contributed by atoms with Gasteiger partial charge in [0.1, 0.15) is 0 Å². The number of hydrogen-bond acceptors (Lipinski definition) is 7. The van der Waals surface area contributed by atoms with Gasteiger partial charge in [-0.05, 0) is 64.9 Å². The normalized spacial score (nSPS) is 17.7. The van der Waals surface area contributed by atoms with E-state index in [-0.39, 0.29) is 31.1 Å². The highest BCUT2D eigenvalue weighted by Crippen LogP contribution is 2.39. The zero-order chi connectivity index (χ0) is 33.3. The summed E-state index contributed by atoms with van der Waals surface area (Å²) in [6.07, 6.45) is 3.14. The first-order valence-electron chi connectivity index (χ1n) is 16.3. The van der Waals surface area contributed by atoms with E-state index >= 15 is 0 Å². The average molecular weight is 649 g/mol. The summed E-state index contributed by atoms with van der Waals surface area (Å²) in [5.74, 6) is -0.536. The van der Waals surface area contributed by atoms with Crippen LogP contribution in [0.2, 0.25) is 0 Å². The molecule has 0 aliphatic carbocycles. The van der Waals surface area contributed by atoms with E-state index in [1.54, 1.807) is 5.48 Å². The highest BCUT2D eigenvalue weighted by molar-refractivity contribution is 5.77. The fourth-order valence-corrected chi connectivity index (χ4v) is 6.05. The molecule has 4 N–H and O–H groups in total. The third-order valence-electron chi connectivity index (χ3n) is 8.63. The van der Waals surface area contributed by atoms with Gasteiger partial charge in [-0.2, -0.15) is 0 Å². The molecule has 1 saturated heterocycles. The van der Waals surface area contributed by atoms with Crippen molar-refractivity contribution in [1.82, 2.24) is 20.3 Å². The van der Waals surface area contributed by atoms with Gasteiger partial charge < -0.3 is 24.5 Å². The van der Waals surface area contributed by atoms with Crippen LogP contribution in [-0.2, 0) is 38.8 Å². The van der Waals surface area contributed by atoms with Crippen molar-refractivity contribution in [2.24, 2.45) is 0 Å². The highest BCUT2D eigenvalue weighted by Gasteiger charge is 2.33. The predicted octanol–water partition coefficient (Wildman–Crippen LogP) is 6.12. The van der Waals surface area contributed by atoms with E-state index in [1.165, 1.54) is 0 Å². The SMILES string of the molecule is O=C(CCCCC(=O)NCc1cccc(-c2cccc([C@@H]3O[C@H](Cn4cnc5ccccc54)C[C@H](c4ccc(CO)cc4)O3)c2)c1)NO. The number of ether oxygens (including phenoxy) is 2. The Kier molecular flexibility index (Phi) is 10.9. The summed E-state index contributed by atoms with van der Waals surface area (Å²) in [5, 5.41) is 21.1. The average Bonchev–Trinajstić information content (AvgIpc) is 3.55. The number of rotatable bonds is 13. The number of aliphatic hydroxyl groups excluding tert-OH is 1. The Hall–Kier alpha value is -4.87. The second-order valence-electron chi connectivity index (χ2n) is 12.1. The molecular weight excluding hydrogens is 608 g/mol. The van der Waals surface area contributed by atoms with Gasteiger partial charge in [-0.25, -0.2) is 10.5 Å². The lowest BCUT2D eigenvalue weighted by molar-refractivity contribution is -0.252. The Balaban J connectivity index is 1.17. The molecule has 5 aromatic rings. The van der Waals surface area contributed by atoms with Crippen molar-refractivity contribution in [3.63, 3.8) is 0 Å². The second-order valence-corrected chi connectivity index (χ2v) is 12.1. The molecule has 1 fully saturated rings. The number of amides is 2. The number of unbranched alkanes of at least 4 members (excludes halogenated alkanes) is 1. The van der Waals surface area contributed by atoms with Gasteiger partial charge in [0.15, 0.2) is 6.29 Å². The fraction of sp³-hybridized carbons (Fsp3) is 0.289. The number of nitrogens with one attached hydrogen (secondary N) is 2. The fourth-order valence-electron chi connectivity index (χ4n) is 6.05. The molecule has 4 aromatic carbocycles. The minimum atomic E-state index is -0.605. The summed E-state index contributed by atoms with van der Waals surface area (Å²) < 4.78 is 15.4. The number of nitrogens with zero attached hydrogens (tertiary/aromatic N) is 2. The lowest BCUT2D eigenvalue weighted by Gasteiger charge is -2.36. The number of aromatic nitrogens is 2. The van der Waals surface area contributed by atoms with Crippen LogP contribution in [0.5, 0.6) is 0 Å². The van der Waals surface area contributed by atoms with Crippen molar-refractivity contribution in [1.29, 1.82) is 0 Å². The lowest BCUT2D eigenvalue weighted by atomic mass is 9.98. The number of imidazole rings is 1. The number of benzene rings is 4. The summed E-state index contributed by atoms with van der Waals surface area (Å²) in [6.45, 7) is 0.998. The van der Waals surface area contributed by atoms with Crippen molar-refractivity contribution in [2.75, 3.05) is 0 Å². The van der Waals surface area contributed by atoms with Crippen molar-refractivity contribution in [3.8, 4) is 11.1 Å². The molecule has 0 unspecified atom stereocenters. The molecule has 0 saturated carbocycles. The van der Waals surface area contributed by atoms with Crippen LogP contribution in [0.1, 0.15) is 66.8 Å². The molecule has 0 bridgehead atoms. The summed E-state index contributed by atoms with van der Waals surface area (Å²) in [5.41, 5.74) is 9.36. The third-order valence-corrected chi connectivity index (χ3v) is 8.63. The van der Waals surface area contributed by atoms with E-state index < -0.39 is 12.2 Å². The van der Waals surface area contributed by atoms with Gasteiger partial charge in [0.2, 0.25) is 11.8 Å². The lowest BCUT2D eigenvalue weighted by Crippen LogP contribution is -2.32. The molecule has 1 aliphatic heterocycles. The van der Waals surface area contributed by atoms with Gasteiger partial charge in [-0.3, -0.25) is 14.8 Å². The van der Waals surface area contributed by atoms with Crippen LogP contribution in [0.3, 0.4) is 0 Å². The van der Waals surface area contributed by atoms with E-state index in [4.69, 9.17) is 14.7 Å². The molecule has 48 heavy (non-hydrogen) atoms. The Morgan fingerprint density at radius 2 is 1.56 bits per heavy atom. The first-order valence-corrected chi connectivity index (χ1v) is 16.3. The topological polar surface area (TPSA) is 135 Å². The van der Waals surface area contributed by atoms with Crippen LogP contribution in [0.15, 0.2) is 103 Å². The Bertz CT molecular complexity index is 1840. The predicted molar refractivity (Wildman–Crippen MR) is 180 cm³/mol. The molecule has 2 heterocycles. The number of carbonyl (C=O) groups is 2. The minimum Gasteiger partial charge on any atom is -0.392 e. The third kappa shape index (κ3) is 8.34. The number of hydroxylamine groups is 1. The summed E-state index contributed by atoms with van der Waals surface area (Å²) in [7, 11) is 0. The van der Waals surface area contributed by atoms with Crippen LogP contribution in [0.4, 0.5) is 0 Å². The van der Waals surface area contributed by atoms with Gasteiger partial charge in [0.25, 0.3) is 0 Å². The number of hydrogen-bond donors (Lipinski definition) is 4. The molecule has 6 rings (SSSR count). The first-order chi connectivity index (χ1) is 23.5. The zero-order valence-corrected chi connectivity index (χ0v) is 26.6. The molecule has 2 amide bonds. The van der Waals surface area contributed by atoms with Gasteiger partial charge in [0, 0.05) is 31.4 Å². The summed E-state index contributed by atoms with van der Waals surface area (Å²) in [4.78, 5) is 28.1. The quantitative estimate of drug-likeness (QED) is 0.0686. The molecule has 0 radical (unpaired) electrons. The van der Waals surface area contributed by atoms with Gasteiger partial charge in [-0.1, -0.05) is 72.8 Å².